The van der Waals surface area contributed by atoms with E-state index in [1.54, 1.807) is 0 Å². The largest absolute Gasteiger partial charge is 0.378 e. The quantitative estimate of drug-likeness (QED) is 0.813. The monoisotopic (exact) mass is 240 g/mol. The van der Waals surface area contributed by atoms with Crippen molar-refractivity contribution in [2.45, 2.75) is 64.1 Å². The molecule has 2 saturated heterocycles. The fraction of sp³-hybridized carbons (Fsp3) is 1.00. The summed E-state index contributed by atoms with van der Waals surface area (Å²) in [6.07, 6.45) is 6.86. The van der Waals surface area contributed by atoms with Gasteiger partial charge in [-0.05, 0) is 52.1 Å². The molecule has 1 N–H and O–H groups in total. The second-order valence-corrected chi connectivity index (χ2v) is 5.65. The second-order valence-electron chi connectivity index (χ2n) is 5.65. The second kappa shape index (κ2) is 6.72. The molecule has 17 heavy (non-hydrogen) atoms. The summed E-state index contributed by atoms with van der Waals surface area (Å²) < 4.78 is 5.65. The highest BCUT2D eigenvalue weighted by Crippen LogP contribution is 2.22. The van der Waals surface area contributed by atoms with E-state index in [1.807, 2.05) is 0 Å². The number of nitrogens with zero attached hydrogens (tertiary/aromatic N) is 1. The molecule has 3 atom stereocenters. The molecule has 0 saturated carbocycles. The predicted octanol–water partition coefficient (Wildman–Crippen LogP) is 2.02. The van der Waals surface area contributed by atoms with Gasteiger partial charge in [-0.25, -0.2) is 0 Å². The summed E-state index contributed by atoms with van der Waals surface area (Å²) >= 11 is 0. The molecule has 3 heteroatoms. The molecule has 2 aliphatic rings. The van der Waals surface area contributed by atoms with E-state index < -0.39 is 0 Å². The van der Waals surface area contributed by atoms with Crippen LogP contribution in [0.15, 0.2) is 0 Å². The molecule has 0 aromatic carbocycles. The first-order valence-electron chi connectivity index (χ1n) is 7.38. The van der Waals surface area contributed by atoms with Crippen molar-refractivity contribution >= 4 is 0 Å². The Morgan fingerprint density at radius 3 is 3.00 bits per heavy atom. The molecule has 3 unspecified atom stereocenters. The van der Waals surface area contributed by atoms with E-state index >= 15 is 0 Å². The van der Waals surface area contributed by atoms with E-state index in [2.05, 4.69) is 24.1 Å². The fourth-order valence-electron chi connectivity index (χ4n) is 3.16. The Bertz CT molecular complexity index is 222. The summed E-state index contributed by atoms with van der Waals surface area (Å²) in [5, 5.41) is 3.68. The molecule has 0 aromatic heterocycles. The highest BCUT2D eigenvalue weighted by molar-refractivity contribution is 4.85. The standard InChI is InChI=1S/C14H28N2O/c1-3-7-15-13-5-4-8-16(11-13)14-6-9-17-12(2)10-14/h12-15H,3-11H2,1-2H3. The maximum atomic E-state index is 5.65. The summed E-state index contributed by atoms with van der Waals surface area (Å²) in [5.41, 5.74) is 0. The topological polar surface area (TPSA) is 24.5 Å². The lowest BCUT2D eigenvalue weighted by atomic mass is 9.97. The molecule has 3 nitrogen and oxygen atoms in total. The number of piperidine rings is 1. The summed E-state index contributed by atoms with van der Waals surface area (Å²) in [5.74, 6) is 0. The summed E-state index contributed by atoms with van der Waals surface area (Å²) in [6.45, 7) is 9.12. The van der Waals surface area contributed by atoms with Crippen molar-refractivity contribution in [2.24, 2.45) is 0 Å². The first-order valence-corrected chi connectivity index (χ1v) is 7.38. The van der Waals surface area contributed by atoms with Crippen molar-refractivity contribution in [3.63, 3.8) is 0 Å². The average Bonchev–Trinajstić information content (AvgIpc) is 2.37. The molecule has 0 radical (unpaired) electrons. The molecular weight excluding hydrogens is 212 g/mol. The zero-order valence-corrected chi connectivity index (χ0v) is 11.5. The van der Waals surface area contributed by atoms with Crippen LogP contribution in [0.25, 0.3) is 0 Å². The van der Waals surface area contributed by atoms with Gasteiger partial charge in [-0.2, -0.15) is 0 Å². The number of rotatable bonds is 4. The van der Waals surface area contributed by atoms with Crippen molar-refractivity contribution < 1.29 is 4.74 Å². The van der Waals surface area contributed by atoms with E-state index in [0.29, 0.717) is 6.10 Å². The number of ether oxygens (including phenoxy) is 1. The highest BCUT2D eigenvalue weighted by atomic mass is 16.5. The number of nitrogens with one attached hydrogen (secondary N) is 1. The van der Waals surface area contributed by atoms with E-state index in [1.165, 1.54) is 51.7 Å². The van der Waals surface area contributed by atoms with Crippen LogP contribution in [0, 0.1) is 0 Å². The number of hydrogen-bond donors (Lipinski definition) is 1. The minimum atomic E-state index is 0.456. The van der Waals surface area contributed by atoms with Gasteiger partial charge >= 0.3 is 0 Å². The maximum absolute atomic E-state index is 5.65. The van der Waals surface area contributed by atoms with Crippen molar-refractivity contribution in [3.8, 4) is 0 Å². The van der Waals surface area contributed by atoms with Crippen LogP contribution in [-0.4, -0.2) is 49.3 Å². The molecule has 100 valence electrons. The van der Waals surface area contributed by atoms with Gasteiger partial charge in [-0.3, -0.25) is 4.90 Å². The highest BCUT2D eigenvalue weighted by Gasteiger charge is 2.28. The lowest BCUT2D eigenvalue weighted by Gasteiger charge is -2.41. The third-order valence-electron chi connectivity index (χ3n) is 4.11. The molecule has 0 bridgehead atoms. The molecule has 0 aliphatic carbocycles. The van der Waals surface area contributed by atoms with Crippen LogP contribution in [-0.2, 0) is 4.74 Å². The maximum Gasteiger partial charge on any atom is 0.0561 e. The van der Waals surface area contributed by atoms with Gasteiger partial charge in [-0.15, -0.1) is 0 Å². The fourth-order valence-corrected chi connectivity index (χ4v) is 3.16. The van der Waals surface area contributed by atoms with E-state index in [4.69, 9.17) is 4.74 Å². The van der Waals surface area contributed by atoms with Crippen molar-refractivity contribution in [1.82, 2.24) is 10.2 Å². The van der Waals surface area contributed by atoms with Gasteiger partial charge in [0.2, 0.25) is 0 Å². The Hall–Kier alpha value is -0.120. The molecule has 2 rings (SSSR count). The van der Waals surface area contributed by atoms with Gasteiger partial charge in [-0.1, -0.05) is 6.92 Å². The van der Waals surface area contributed by atoms with Gasteiger partial charge in [0.25, 0.3) is 0 Å². The van der Waals surface area contributed by atoms with Crippen molar-refractivity contribution in [3.05, 3.63) is 0 Å². The Labute approximate surface area is 106 Å². The van der Waals surface area contributed by atoms with Crippen LogP contribution >= 0.6 is 0 Å². The first-order chi connectivity index (χ1) is 8.29. The normalized spacial score (nSPS) is 36.0. The van der Waals surface area contributed by atoms with Crippen LogP contribution in [0.2, 0.25) is 0 Å². The SMILES string of the molecule is CCCNC1CCCN(C2CCOC(C)C2)C1. The van der Waals surface area contributed by atoms with Crippen LogP contribution in [0.4, 0.5) is 0 Å². The molecule has 0 aromatic rings. The van der Waals surface area contributed by atoms with Gasteiger partial charge < -0.3 is 10.1 Å². The van der Waals surface area contributed by atoms with Gasteiger partial charge in [0.1, 0.15) is 0 Å². The lowest BCUT2D eigenvalue weighted by molar-refractivity contribution is -0.0241. The molecule has 2 heterocycles. The predicted molar refractivity (Wildman–Crippen MR) is 71.3 cm³/mol. The molecule has 2 fully saturated rings. The van der Waals surface area contributed by atoms with Crippen molar-refractivity contribution in [2.75, 3.05) is 26.2 Å². The van der Waals surface area contributed by atoms with Gasteiger partial charge in [0.05, 0.1) is 6.10 Å². The van der Waals surface area contributed by atoms with E-state index in [0.717, 1.165) is 18.7 Å². The summed E-state index contributed by atoms with van der Waals surface area (Å²) in [6, 6.07) is 1.49. The van der Waals surface area contributed by atoms with Crippen molar-refractivity contribution in [1.29, 1.82) is 0 Å². The summed E-state index contributed by atoms with van der Waals surface area (Å²) in [4.78, 5) is 2.70. The Kier molecular flexibility index (Phi) is 5.26. The molecule has 0 amide bonds. The smallest absolute Gasteiger partial charge is 0.0561 e. The zero-order valence-electron chi connectivity index (χ0n) is 11.5. The Morgan fingerprint density at radius 2 is 2.24 bits per heavy atom. The van der Waals surface area contributed by atoms with Gasteiger partial charge in [0, 0.05) is 25.2 Å². The van der Waals surface area contributed by atoms with E-state index in [-0.39, 0.29) is 0 Å². The first kappa shape index (κ1) is 13.3. The Morgan fingerprint density at radius 1 is 1.35 bits per heavy atom. The van der Waals surface area contributed by atoms with Crippen LogP contribution < -0.4 is 5.32 Å². The number of hydrogen-bond acceptors (Lipinski definition) is 3. The third-order valence-corrected chi connectivity index (χ3v) is 4.11. The number of likely N-dealkylation sites (tertiary alicyclic amines) is 1. The third kappa shape index (κ3) is 3.94. The minimum Gasteiger partial charge on any atom is -0.378 e. The molecular formula is C14H28N2O. The molecule has 2 aliphatic heterocycles. The van der Waals surface area contributed by atoms with Crippen LogP contribution in [0.3, 0.4) is 0 Å². The Balaban J connectivity index is 1.79. The molecule has 0 spiro atoms. The van der Waals surface area contributed by atoms with E-state index in [9.17, 15) is 0 Å². The van der Waals surface area contributed by atoms with Crippen LogP contribution in [0.1, 0.15) is 46.0 Å². The lowest BCUT2D eigenvalue weighted by Crippen LogP contribution is -2.51. The summed E-state index contributed by atoms with van der Waals surface area (Å²) in [7, 11) is 0. The van der Waals surface area contributed by atoms with Gasteiger partial charge in [0.15, 0.2) is 0 Å². The zero-order chi connectivity index (χ0) is 12.1. The minimum absolute atomic E-state index is 0.456. The average molecular weight is 240 g/mol. The van der Waals surface area contributed by atoms with Crippen LogP contribution in [0.5, 0.6) is 0 Å².